The largest absolute Gasteiger partial charge is 0.477 e. The maximum atomic E-state index is 13.9. The zero-order chi connectivity index (χ0) is 14.5. The average Bonchev–Trinajstić information content (AvgIpc) is 2.79. The van der Waals surface area contributed by atoms with Crippen molar-refractivity contribution < 1.29 is 19.4 Å². The number of unbranched alkanes of at least 4 members (excludes halogenated alkanes) is 1. The molecule has 4 nitrogen and oxygen atoms in total. The van der Waals surface area contributed by atoms with Crippen molar-refractivity contribution in [2.45, 2.75) is 19.4 Å². The molecule has 1 heterocycles. The Labute approximate surface area is 119 Å². The Balaban J connectivity index is 2.24. The number of aliphatic hydroxyl groups is 1. The summed E-state index contributed by atoms with van der Waals surface area (Å²) in [5.74, 6) is -1.42. The van der Waals surface area contributed by atoms with Crippen molar-refractivity contribution >= 4 is 27.4 Å². The maximum absolute atomic E-state index is 13.9. The zero-order valence-electron chi connectivity index (χ0n) is 10.9. The minimum Gasteiger partial charge on any atom is -0.477 e. The smallest absolute Gasteiger partial charge is 0.346 e. The van der Waals surface area contributed by atoms with E-state index in [4.69, 9.17) is 5.11 Å². The number of fused-ring (bicyclic) bond motifs is 1. The predicted octanol–water partition coefficient (Wildman–Crippen LogP) is 2.60. The van der Waals surface area contributed by atoms with Crippen molar-refractivity contribution in [1.82, 2.24) is 5.32 Å². The Morgan fingerprint density at radius 1 is 1.35 bits per heavy atom. The van der Waals surface area contributed by atoms with Crippen LogP contribution in [0.5, 0.6) is 0 Å². The van der Waals surface area contributed by atoms with Gasteiger partial charge in [-0.3, -0.25) is 0 Å². The lowest BCUT2D eigenvalue weighted by atomic mass is 10.1. The van der Waals surface area contributed by atoms with Crippen LogP contribution in [0.25, 0.3) is 10.1 Å². The first-order valence-corrected chi connectivity index (χ1v) is 7.21. The first-order valence-electron chi connectivity index (χ1n) is 6.40. The van der Waals surface area contributed by atoms with Crippen molar-refractivity contribution in [2.24, 2.45) is 0 Å². The van der Waals surface area contributed by atoms with E-state index in [1.54, 1.807) is 12.1 Å². The Hall–Kier alpha value is -1.50. The molecule has 20 heavy (non-hydrogen) atoms. The van der Waals surface area contributed by atoms with Gasteiger partial charge in [0.05, 0.1) is 0 Å². The van der Waals surface area contributed by atoms with Crippen LogP contribution in [0.15, 0.2) is 18.2 Å². The highest BCUT2D eigenvalue weighted by atomic mass is 32.1. The summed E-state index contributed by atoms with van der Waals surface area (Å²) in [6, 6.07) is 4.65. The number of benzene rings is 1. The molecule has 0 amide bonds. The van der Waals surface area contributed by atoms with Gasteiger partial charge in [-0.15, -0.1) is 11.3 Å². The normalized spacial score (nSPS) is 11.1. The number of halogens is 1. The molecule has 1 aromatic heterocycles. The Morgan fingerprint density at radius 2 is 2.15 bits per heavy atom. The third-order valence-corrected chi connectivity index (χ3v) is 4.21. The second-order valence-electron chi connectivity index (χ2n) is 4.44. The minimum atomic E-state index is -1.03. The number of hydrogen-bond acceptors (Lipinski definition) is 4. The number of aromatic carboxylic acids is 1. The molecule has 2 rings (SSSR count). The van der Waals surface area contributed by atoms with Gasteiger partial charge in [-0.25, -0.2) is 9.18 Å². The van der Waals surface area contributed by atoms with E-state index in [0.717, 1.165) is 17.8 Å². The standard InChI is InChI=1S/C14H16FNO3S/c15-10-4-3-5-11-12(10)9(13(20-11)14(18)19)8-16-6-1-2-7-17/h3-5,16-17H,1-2,6-8H2,(H,18,19). The van der Waals surface area contributed by atoms with E-state index in [0.29, 0.717) is 35.2 Å². The van der Waals surface area contributed by atoms with E-state index < -0.39 is 11.8 Å². The SMILES string of the molecule is O=C(O)c1sc2cccc(F)c2c1CNCCCCO. The molecule has 0 saturated heterocycles. The van der Waals surface area contributed by atoms with Crippen LogP contribution in [0.1, 0.15) is 28.1 Å². The first-order chi connectivity index (χ1) is 9.65. The van der Waals surface area contributed by atoms with Gasteiger partial charge in [0.1, 0.15) is 10.7 Å². The average molecular weight is 297 g/mol. The topological polar surface area (TPSA) is 69.6 Å². The maximum Gasteiger partial charge on any atom is 0.346 e. The van der Waals surface area contributed by atoms with E-state index in [-0.39, 0.29) is 11.5 Å². The summed E-state index contributed by atoms with van der Waals surface area (Å²) in [4.78, 5) is 11.4. The predicted molar refractivity (Wildman–Crippen MR) is 76.8 cm³/mol. The molecule has 0 bridgehead atoms. The van der Waals surface area contributed by atoms with Crippen LogP contribution in [0.2, 0.25) is 0 Å². The summed E-state index contributed by atoms with van der Waals surface area (Å²) in [7, 11) is 0. The lowest BCUT2D eigenvalue weighted by Gasteiger charge is -2.05. The number of thiophene rings is 1. The third-order valence-electron chi connectivity index (χ3n) is 3.02. The van der Waals surface area contributed by atoms with Crippen molar-refractivity contribution in [3.63, 3.8) is 0 Å². The number of nitrogens with one attached hydrogen (secondary N) is 1. The molecule has 6 heteroatoms. The van der Waals surface area contributed by atoms with Gasteiger partial charge in [-0.1, -0.05) is 6.07 Å². The molecule has 0 radical (unpaired) electrons. The van der Waals surface area contributed by atoms with Gasteiger partial charge >= 0.3 is 5.97 Å². The second-order valence-corrected chi connectivity index (χ2v) is 5.49. The molecule has 0 spiro atoms. The summed E-state index contributed by atoms with van der Waals surface area (Å²) in [5, 5.41) is 21.4. The van der Waals surface area contributed by atoms with Crippen LogP contribution in [0.3, 0.4) is 0 Å². The summed E-state index contributed by atoms with van der Waals surface area (Å²) >= 11 is 1.09. The van der Waals surface area contributed by atoms with Crippen LogP contribution in [-0.2, 0) is 6.54 Å². The fraction of sp³-hybridized carbons (Fsp3) is 0.357. The van der Waals surface area contributed by atoms with Crippen molar-refractivity contribution in [2.75, 3.05) is 13.2 Å². The van der Waals surface area contributed by atoms with E-state index in [1.807, 2.05) is 0 Å². The van der Waals surface area contributed by atoms with Gasteiger partial charge in [-0.2, -0.15) is 0 Å². The molecule has 0 fully saturated rings. The third kappa shape index (κ3) is 3.15. The lowest BCUT2D eigenvalue weighted by Crippen LogP contribution is -2.16. The number of carboxylic acids is 1. The number of carboxylic acid groups (broad SMARTS) is 1. The van der Waals surface area contributed by atoms with Crippen LogP contribution in [0, 0.1) is 5.82 Å². The Kier molecular flexibility index (Phi) is 5.05. The molecule has 0 aliphatic carbocycles. The molecule has 2 aromatic rings. The van der Waals surface area contributed by atoms with E-state index in [2.05, 4.69) is 5.32 Å². The molecule has 108 valence electrons. The molecule has 0 aliphatic rings. The van der Waals surface area contributed by atoms with Gasteiger partial charge in [0.15, 0.2) is 0 Å². The highest BCUT2D eigenvalue weighted by Crippen LogP contribution is 2.33. The van der Waals surface area contributed by atoms with Crippen LogP contribution < -0.4 is 5.32 Å². The number of carbonyl (C=O) groups is 1. The van der Waals surface area contributed by atoms with Gasteiger partial charge in [0, 0.05) is 28.8 Å². The highest BCUT2D eigenvalue weighted by molar-refractivity contribution is 7.21. The molecule has 0 unspecified atom stereocenters. The summed E-state index contributed by atoms with van der Waals surface area (Å²) in [6.07, 6.45) is 1.49. The number of rotatable bonds is 7. The first kappa shape index (κ1) is 14.9. The number of aliphatic hydroxyl groups excluding tert-OH is 1. The quantitative estimate of drug-likeness (QED) is 0.687. The Bertz CT molecular complexity index is 612. The fourth-order valence-electron chi connectivity index (χ4n) is 2.08. The zero-order valence-corrected chi connectivity index (χ0v) is 11.7. The van der Waals surface area contributed by atoms with Crippen molar-refractivity contribution in [3.05, 3.63) is 34.5 Å². The molecule has 0 aliphatic heterocycles. The van der Waals surface area contributed by atoms with Crippen LogP contribution >= 0.6 is 11.3 Å². The lowest BCUT2D eigenvalue weighted by molar-refractivity contribution is 0.0701. The van der Waals surface area contributed by atoms with E-state index >= 15 is 0 Å². The van der Waals surface area contributed by atoms with E-state index in [1.165, 1.54) is 6.07 Å². The highest BCUT2D eigenvalue weighted by Gasteiger charge is 2.19. The van der Waals surface area contributed by atoms with Gasteiger partial charge in [0.25, 0.3) is 0 Å². The second kappa shape index (κ2) is 6.78. The minimum absolute atomic E-state index is 0.137. The molecule has 0 atom stereocenters. The van der Waals surface area contributed by atoms with Gasteiger partial charge in [0.2, 0.25) is 0 Å². The van der Waals surface area contributed by atoms with Crippen LogP contribution in [-0.4, -0.2) is 29.3 Å². The fourth-order valence-corrected chi connectivity index (χ4v) is 3.16. The van der Waals surface area contributed by atoms with Crippen LogP contribution in [0.4, 0.5) is 4.39 Å². The molecular formula is C14H16FNO3S. The summed E-state index contributed by atoms with van der Waals surface area (Å²) < 4.78 is 14.6. The van der Waals surface area contributed by atoms with Gasteiger partial charge < -0.3 is 15.5 Å². The monoisotopic (exact) mass is 297 g/mol. The van der Waals surface area contributed by atoms with Gasteiger partial charge in [-0.05, 0) is 31.5 Å². The van der Waals surface area contributed by atoms with Crippen molar-refractivity contribution in [3.8, 4) is 0 Å². The molecular weight excluding hydrogens is 281 g/mol. The number of hydrogen-bond donors (Lipinski definition) is 3. The molecule has 1 aromatic carbocycles. The summed E-state index contributed by atoms with van der Waals surface area (Å²) in [5.41, 5.74) is 0.500. The molecule has 0 saturated carbocycles. The van der Waals surface area contributed by atoms with E-state index in [9.17, 15) is 14.3 Å². The Morgan fingerprint density at radius 3 is 2.85 bits per heavy atom. The van der Waals surface area contributed by atoms with Crippen molar-refractivity contribution in [1.29, 1.82) is 0 Å². The summed E-state index contributed by atoms with van der Waals surface area (Å²) in [6.45, 7) is 1.11. The molecule has 3 N–H and O–H groups in total.